The van der Waals surface area contributed by atoms with Gasteiger partial charge in [-0.15, -0.1) is 0 Å². The van der Waals surface area contributed by atoms with Crippen LogP contribution in [0.25, 0.3) is 0 Å². The lowest BCUT2D eigenvalue weighted by atomic mass is 10.2. The van der Waals surface area contributed by atoms with Crippen molar-refractivity contribution in [3.63, 3.8) is 0 Å². The van der Waals surface area contributed by atoms with Crippen molar-refractivity contribution in [3.8, 4) is 0 Å². The maximum Gasteiger partial charge on any atom is 0.0701 e. The van der Waals surface area contributed by atoms with Gasteiger partial charge in [0.1, 0.15) is 0 Å². The van der Waals surface area contributed by atoms with E-state index in [0.29, 0.717) is 32.4 Å². The number of ether oxygens (including phenoxy) is 2. The molecule has 0 spiro atoms. The molecule has 0 bridgehead atoms. The van der Waals surface area contributed by atoms with Crippen LogP contribution in [0.2, 0.25) is 0 Å². The van der Waals surface area contributed by atoms with Crippen LogP contribution in [0.3, 0.4) is 0 Å². The van der Waals surface area contributed by atoms with Crippen LogP contribution in [0.1, 0.15) is 6.42 Å². The minimum absolute atomic E-state index is 0.193. The smallest absolute Gasteiger partial charge is 0.0701 e. The summed E-state index contributed by atoms with van der Waals surface area (Å²) in [4.78, 5) is 0. The van der Waals surface area contributed by atoms with Gasteiger partial charge in [-0.05, 0) is 6.42 Å². The van der Waals surface area contributed by atoms with E-state index in [1.807, 2.05) is 0 Å². The summed E-state index contributed by atoms with van der Waals surface area (Å²) in [5, 5.41) is 12.3. The average Bonchev–Trinajstić information content (AvgIpc) is 2.45. The molecule has 0 aromatic carbocycles. The summed E-state index contributed by atoms with van der Waals surface area (Å²) in [7, 11) is 1.65. The van der Waals surface area contributed by atoms with Crippen molar-refractivity contribution in [1.82, 2.24) is 5.32 Å². The molecule has 2 N–H and O–H groups in total. The van der Waals surface area contributed by atoms with Gasteiger partial charge >= 0.3 is 0 Å². The van der Waals surface area contributed by atoms with Crippen LogP contribution < -0.4 is 5.32 Å². The molecule has 0 aromatic rings. The van der Waals surface area contributed by atoms with E-state index in [-0.39, 0.29) is 6.10 Å². The van der Waals surface area contributed by atoms with Gasteiger partial charge in [0.2, 0.25) is 0 Å². The lowest BCUT2D eigenvalue weighted by molar-refractivity contribution is 0.0594. The molecular weight excluding hydrogens is 158 g/mol. The van der Waals surface area contributed by atoms with Gasteiger partial charge in [-0.3, -0.25) is 0 Å². The summed E-state index contributed by atoms with van der Waals surface area (Å²) in [6.07, 6.45) is 0.605. The van der Waals surface area contributed by atoms with Crippen molar-refractivity contribution in [1.29, 1.82) is 0 Å². The van der Waals surface area contributed by atoms with Crippen molar-refractivity contribution in [2.24, 2.45) is 0 Å². The zero-order valence-corrected chi connectivity index (χ0v) is 7.45. The number of rotatable bonds is 5. The molecule has 0 aromatic heterocycles. The predicted octanol–water partition coefficient (Wildman–Crippen LogP) is -0.628. The van der Waals surface area contributed by atoms with Gasteiger partial charge in [0.15, 0.2) is 0 Å². The van der Waals surface area contributed by atoms with Gasteiger partial charge in [-0.25, -0.2) is 0 Å². The fourth-order valence-corrected chi connectivity index (χ4v) is 1.29. The lowest BCUT2D eigenvalue weighted by Crippen LogP contribution is -2.27. The number of aliphatic hydroxyl groups is 1. The number of hydrogen-bond donors (Lipinski definition) is 2. The summed E-state index contributed by atoms with van der Waals surface area (Å²) < 4.78 is 10.1. The number of methoxy groups -OCH3 is 1. The van der Waals surface area contributed by atoms with Gasteiger partial charge in [0.25, 0.3) is 0 Å². The van der Waals surface area contributed by atoms with Gasteiger partial charge in [0.05, 0.1) is 25.9 Å². The molecule has 1 aliphatic rings. The Hall–Kier alpha value is -0.160. The SMILES string of the molecule is COCCOC[C@@H]1C[C@@H](O)CN1. The average molecular weight is 175 g/mol. The molecule has 1 aliphatic heterocycles. The minimum atomic E-state index is -0.193. The first-order valence-corrected chi connectivity index (χ1v) is 4.31. The lowest BCUT2D eigenvalue weighted by Gasteiger charge is -2.09. The topological polar surface area (TPSA) is 50.7 Å². The highest BCUT2D eigenvalue weighted by Crippen LogP contribution is 2.05. The molecule has 1 rings (SSSR count). The number of β-amino-alcohol motifs (C(OH)–C–C–N with tert-alkyl or cyclic N) is 1. The van der Waals surface area contributed by atoms with Crippen LogP contribution in [0.4, 0.5) is 0 Å². The Kier molecular flexibility index (Phi) is 4.53. The van der Waals surface area contributed by atoms with Crippen LogP contribution in [0.15, 0.2) is 0 Å². The van der Waals surface area contributed by atoms with E-state index in [0.717, 1.165) is 6.42 Å². The zero-order chi connectivity index (χ0) is 8.81. The molecule has 1 saturated heterocycles. The molecule has 0 amide bonds. The second-order valence-electron chi connectivity index (χ2n) is 3.06. The first kappa shape index (κ1) is 9.92. The largest absolute Gasteiger partial charge is 0.392 e. The quantitative estimate of drug-likeness (QED) is 0.546. The fraction of sp³-hybridized carbons (Fsp3) is 1.00. The predicted molar refractivity (Wildman–Crippen MR) is 45.1 cm³/mol. The van der Waals surface area contributed by atoms with Crippen LogP contribution in [-0.2, 0) is 9.47 Å². The third kappa shape index (κ3) is 3.49. The van der Waals surface area contributed by atoms with Gasteiger partial charge in [0, 0.05) is 19.7 Å². The normalized spacial score (nSPS) is 29.5. The Morgan fingerprint density at radius 1 is 1.50 bits per heavy atom. The first-order valence-electron chi connectivity index (χ1n) is 4.31. The Morgan fingerprint density at radius 2 is 2.33 bits per heavy atom. The molecule has 0 radical (unpaired) electrons. The second-order valence-corrected chi connectivity index (χ2v) is 3.06. The summed E-state index contributed by atoms with van der Waals surface area (Å²) >= 11 is 0. The highest BCUT2D eigenvalue weighted by molar-refractivity contribution is 4.80. The van der Waals surface area contributed by atoms with Crippen molar-refractivity contribution in [2.45, 2.75) is 18.6 Å². The first-order chi connectivity index (χ1) is 5.83. The minimum Gasteiger partial charge on any atom is -0.392 e. The van der Waals surface area contributed by atoms with Crippen LogP contribution in [0.5, 0.6) is 0 Å². The van der Waals surface area contributed by atoms with E-state index >= 15 is 0 Å². The Labute approximate surface area is 72.9 Å². The zero-order valence-electron chi connectivity index (χ0n) is 7.45. The maximum atomic E-state index is 9.16. The van der Waals surface area contributed by atoms with E-state index in [9.17, 15) is 0 Å². The second kappa shape index (κ2) is 5.48. The standard InChI is InChI=1S/C8H17NO3/c1-11-2-3-12-6-7-4-8(10)5-9-7/h7-10H,2-6H2,1H3/t7-,8+/m0/s1. The summed E-state index contributed by atoms with van der Waals surface area (Å²) in [6, 6.07) is 0.317. The summed E-state index contributed by atoms with van der Waals surface area (Å²) in [5.74, 6) is 0. The van der Waals surface area contributed by atoms with Crippen molar-refractivity contribution >= 4 is 0 Å². The van der Waals surface area contributed by atoms with Gasteiger partial charge < -0.3 is 19.9 Å². The summed E-state index contributed by atoms with van der Waals surface area (Å²) in [6.45, 7) is 2.62. The van der Waals surface area contributed by atoms with Crippen molar-refractivity contribution in [3.05, 3.63) is 0 Å². The number of hydrogen-bond acceptors (Lipinski definition) is 4. The van der Waals surface area contributed by atoms with E-state index in [1.165, 1.54) is 0 Å². The van der Waals surface area contributed by atoms with E-state index in [1.54, 1.807) is 7.11 Å². The van der Waals surface area contributed by atoms with E-state index in [4.69, 9.17) is 14.6 Å². The Morgan fingerprint density at radius 3 is 2.92 bits per heavy atom. The third-order valence-corrected chi connectivity index (χ3v) is 1.95. The van der Waals surface area contributed by atoms with Gasteiger partial charge in [-0.2, -0.15) is 0 Å². The molecule has 1 fully saturated rings. The highest BCUT2D eigenvalue weighted by atomic mass is 16.5. The molecule has 0 saturated carbocycles. The molecular formula is C8H17NO3. The highest BCUT2D eigenvalue weighted by Gasteiger charge is 2.21. The molecule has 4 nitrogen and oxygen atoms in total. The van der Waals surface area contributed by atoms with Gasteiger partial charge in [-0.1, -0.05) is 0 Å². The van der Waals surface area contributed by atoms with E-state index in [2.05, 4.69) is 5.32 Å². The number of aliphatic hydroxyl groups excluding tert-OH is 1. The van der Waals surface area contributed by atoms with Crippen molar-refractivity contribution in [2.75, 3.05) is 33.5 Å². The Bertz CT molecular complexity index is 121. The molecule has 12 heavy (non-hydrogen) atoms. The maximum absolute atomic E-state index is 9.16. The van der Waals surface area contributed by atoms with Crippen molar-refractivity contribution < 1.29 is 14.6 Å². The molecule has 0 aliphatic carbocycles. The molecule has 1 heterocycles. The summed E-state index contributed by atoms with van der Waals surface area (Å²) in [5.41, 5.74) is 0. The molecule has 0 unspecified atom stereocenters. The fourth-order valence-electron chi connectivity index (χ4n) is 1.29. The molecule has 72 valence electrons. The van der Waals surface area contributed by atoms with Crippen LogP contribution in [0, 0.1) is 0 Å². The van der Waals surface area contributed by atoms with Crippen LogP contribution >= 0.6 is 0 Å². The number of nitrogens with one attached hydrogen (secondary N) is 1. The molecule has 4 heteroatoms. The monoisotopic (exact) mass is 175 g/mol. The third-order valence-electron chi connectivity index (χ3n) is 1.95. The molecule has 2 atom stereocenters. The van der Waals surface area contributed by atoms with Crippen LogP contribution in [-0.4, -0.2) is 50.7 Å². The van der Waals surface area contributed by atoms with E-state index < -0.39 is 0 Å². The Balaban J connectivity index is 1.93.